The summed E-state index contributed by atoms with van der Waals surface area (Å²) in [4.78, 5) is 23.9. The predicted molar refractivity (Wildman–Crippen MR) is 145 cm³/mol. The maximum Gasteiger partial charge on any atom is 0.251 e. The fourth-order valence-electron chi connectivity index (χ4n) is 3.89. The molecule has 194 valence electrons. The number of hydroxylamine groups is 1. The van der Waals surface area contributed by atoms with Crippen LogP contribution in [0.1, 0.15) is 46.8 Å². The topological polar surface area (TPSA) is 102 Å². The van der Waals surface area contributed by atoms with Gasteiger partial charge in [-0.3, -0.25) is 14.8 Å². The first-order valence-electron chi connectivity index (χ1n) is 12.0. The van der Waals surface area contributed by atoms with E-state index in [9.17, 15) is 9.59 Å². The summed E-state index contributed by atoms with van der Waals surface area (Å²) in [7, 11) is 0. The van der Waals surface area contributed by atoms with E-state index < -0.39 is 18.1 Å². The van der Waals surface area contributed by atoms with Gasteiger partial charge in [-0.2, -0.15) is 0 Å². The lowest BCUT2D eigenvalue weighted by molar-refractivity contribution is -0.129. The first kappa shape index (κ1) is 27.8. The van der Waals surface area contributed by atoms with Gasteiger partial charge in [0.15, 0.2) is 5.11 Å². The van der Waals surface area contributed by atoms with E-state index in [1.165, 1.54) is 0 Å². The lowest BCUT2D eigenvalue weighted by atomic mass is 9.99. The third-order valence-electron chi connectivity index (χ3n) is 5.84. The van der Waals surface area contributed by atoms with Gasteiger partial charge in [0.05, 0.1) is 12.1 Å². The molecule has 0 saturated heterocycles. The van der Waals surface area contributed by atoms with E-state index in [1.807, 2.05) is 66.7 Å². The van der Waals surface area contributed by atoms with E-state index in [0.717, 1.165) is 11.1 Å². The minimum Gasteiger partial charge on any atom is -0.357 e. The summed E-state index contributed by atoms with van der Waals surface area (Å²) >= 11 is 5.54. The van der Waals surface area contributed by atoms with E-state index >= 15 is 4.39 Å². The second kappa shape index (κ2) is 14.7. The van der Waals surface area contributed by atoms with Crippen LogP contribution >= 0.6 is 12.2 Å². The standard InChI is InChI=1S/C28H31FN4O3S/c29-23(18-19-30-27(35)22-14-8-3-9-15-22)24(16-17-25(34)33-36)31-28(37)32-26(20-10-4-1-5-11-20)21-12-6-2-7-13-21/h1-15,23-24,26,36H,16-19H2,(H,30,35)(H,33,34)(H2,31,32,37). The quantitative estimate of drug-likeness (QED) is 0.140. The second-order valence-corrected chi connectivity index (χ2v) is 8.89. The van der Waals surface area contributed by atoms with Gasteiger partial charge in [0.25, 0.3) is 5.91 Å². The number of alkyl halides is 1. The Morgan fingerprint density at radius 3 is 1.89 bits per heavy atom. The Kier molecular flexibility index (Phi) is 11.0. The van der Waals surface area contributed by atoms with Crippen LogP contribution in [0.15, 0.2) is 91.0 Å². The zero-order chi connectivity index (χ0) is 26.5. The van der Waals surface area contributed by atoms with Gasteiger partial charge in [0, 0.05) is 18.5 Å². The van der Waals surface area contributed by atoms with Crippen LogP contribution < -0.4 is 21.4 Å². The van der Waals surface area contributed by atoms with Crippen LogP contribution in [0.2, 0.25) is 0 Å². The molecule has 0 aliphatic rings. The van der Waals surface area contributed by atoms with Gasteiger partial charge >= 0.3 is 0 Å². The van der Waals surface area contributed by atoms with Crippen molar-refractivity contribution in [2.45, 2.75) is 37.5 Å². The molecule has 2 unspecified atom stereocenters. The summed E-state index contributed by atoms with van der Waals surface area (Å²) in [5.41, 5.74) is 4.02. The van der Waals surface area contributed by atoms with E-state index in [4.69, 9.17) is 17.4 Å². The summed E-state index contributed by atoms with van der Waals surface area (Å²) in [6, 6.07) is 27.1. The molecule has 3 aromatic rings. The molecule has 9 heteroatoms. The summed E-state index contributed by atoms with van der Waals surface area (Å²) in [5, 5.41) is 18.1. The fraction of sp³-hybridized carbons (Fsp3) is 0.250. The lowest BCUT2D eigenvalue weighted by Crippen LogP contribution is -2.48. The van der Waals surface area contributed by atoms with Crippen LogP contribution in [0.25, 0.3) is 0 Å². The molecule has 0 bridgehead atoms. The number of benzene rings is 3. The Bertz CT molecular complexity index is 1100. The zero-order valence-electron chi connectivity index (χ0n) is 20.3. The number of hydrogen-bond acceptors (Lipinski definition) is 4. The van der Waals surface area contributed by atoms with Crippen LogP contribution in [0.4, 0.5) is 4.39 Å². The third-order valence-corrected chi connectivity index (χ3v) is 6.08. The fourth-order valence-corrected chi connectivity index (χ4v) is 4.16. The van der Waals surface area contributed by atoms with Gasteiger partial charge in [0.2, 0.25) is 5.91 Å². The summed E-state index contributed by atoms with van der Waals surface area (Å²) < 4.78 is 15.3. The number of hydrogen-bond donors (Lipinski definition) is 5. The lowest BCUT2D eigenvalue weighted by Gasteiger charge is -2.27. The Balaban J connectivity index is 1.64. The van der Waals surface area contributed by atoms with Crippen molar-refractivity contribution >= 4 is 29.1 Å². The van der Waals surface area contributed by atoms with Crippen LogP contribution in [0.3, 0.4) is 0 Å². The van der Waals surface area contributed by atoms with Crippen LogP contribution in [0.5, 0.6) is 0 Å². The van der Waals surface area contributed by atoms with E-state index in [1.54, 1.807) is 29.7 Å². The summed E-state index contributed by atoms with van der Waals surface area (Å²) in [5.74, 6) is -0.913. The maximum atomic E-state index is 15.3. The normalized spacial score (nSPS) is 12.3. The van der Waals surface area contributed by atoms with Crippen molar-refractivity contribution in [3.63, 3.8) is 0 Å². The number of carbonyl (C=O) groups excluding carboxylic acids is 2. The molecule has 0 fully saturated rings. The minimum absolute atomic E-state index is 0.0143. The molecular formula is C28H31FN4O3S. The largest absolute Gasteiger partial charge is 0.357 e. The van der Waals surface area contributed by atoms with Gasteiger partial charge in [-0.15, -0.1) is 0 Å². The van der Waals surface area contributed by atoms with Crippen molar-refractivity contribution in [2.75, 3.05) is 6.54 Å². The van der Waals surface area contributed by atoms with Crippen molar-refractivity contribution in [3.8, 4) is 0 Å². The zero-order valence-corrected chi connectivity index (χ0v) is 21.1. The Morgan fingerprint density at radius 1 is 0.811 bits per heavy atom. The number of nitrogens with one attached hydrogen (secondary N) is 4. The maximum absolute atomic E-state index is 15.3. The van der Waals surface area contributed by atoms with Gasteiger partial charge < -0.3 is 16.0 Å². The molecule has 0 saturated carbocycles. The molecular weight excluding hydrogens is 491 g/mol. The molecule has 0 aliphatic carbocycles. The van der Waals surface area contributed by atoms with Gasteiger partial charge in [-0.25, -0.2) is 9.87 Å². The molecule has 2 atom stereocenters. The van der Waals surface area contributed by atoms with E-state index in [2.05, 4.69) is 16.0 Å². The van der Waals surface area contributed by atoms with Crippen molar-refractivity contribution in [1.82, 2.24) is 21.4 Å². The van der Waals surface area contributed by atoms with Crippen LogP contribution in [-0.2, 0) is 4.79 Å². The molecule has 0 aliphatic heterocycles. The Hall–Kier alpha value is -3.82. The third kappa shape index (κ3) is 8.96. The van der Waals surface area contributed by atoms with Crippen molar-refractivity contribution < 1.29 is 19.2 Å². The van der Waals surface area contributed by atoms with E-state index in [0.29, 0.717) is 5.56 Å². The molecule has 2 amide bonds. The highest BCUT2D eigenvalue weighted by Crippen LogP contribution is 2.22. The predicted octanol–water partition coefficient (Wildman–Crippen LogP) is 4.05. The number of amides is 2. The van der Waals surface area contributed by atoms with Crippen molar-refractivity contribution in [3.05, 3.63) is 108 Å². The first-order valence-corrected chi connectivity index (χ1v) is 12.5. The molecule has 7 nitrogen and oxygen atoms in total. The smallest absolute Gasteiger partial charge is 0.251 e. The SMILES string of the molecule is O=C(CCC(NC(=S)NC(c1ccccc1)c1ccccc1)C(F)CCNC(=O)c1ccccc1)NO. The van der Waals surface area contributed by atoms with Crippen molar-refractivity contribution in [2.24, 2.45) is 0 Å². The van der Waals surface area contributed by atoms with Gasteiger partial charge in [0.1, 0.15) is 6.17 Å². The molecule has 0 spiro atoms. The number of rotatable bonds is 12. The Labute approximate surface area is 221 Å². The first-order chi connectivity index (χ1) is 18.0. The molecule has 3 rings (SSSR count). The highest BCUT2D eigenvalue weighted by molar-refractivity contribution is 7.80. The van der Waals surface area contributed by atoms with Gasteiger partial charge in [-0.05, 0) is 48.3 Å². The number of carbonyl (C=O) groups is 2. The molecule has 0 radical (unpaired) electrons. The average molecular weight is 523 g/mol. The molecule has 5 N–H and O–H groups in total. The molecule has 37 heavy (non-hydrogen) atoms. The Morgan fingerprint density at radius 2 is 1.35 bits per heavy atom. The number of halogens is 1. The average Bonchev–Trinajstić information content (AvgIpc) is 2.95. The van der Waals surface area contributed by atoms with E-state index in [-0.39, 0.29) is 42.9 Å². The second-order valence-electron chi connectivity index (χ2n) is 8.48. The monoisotopic (exact) mass is 522 g/mol. The van der Waals surface area contributed by atoms with Crippen LogP contribution in [-0.4, -0.2) is 40.9 Å². The summed E-state index contributed by atoms with van der Waals surface area (Å²) in [6.07, 6.45) is -1.42. The minimum atomic E-state index is -1.42. The molecule has 0 aromatic heterocycles. The highest BCUT2D eigenvalue weighted by atomic mass is 32.1. The summed E-state index contributed by atoms with van der Waals surface area (Å²) in [6.45, 7) is 0.107. The van der Waals surface area contributed by atoms with Crippen molar-refractivity contribution in [1.29, 1.82) is 0 Å². The molecule has 3 aromatic carbocycles. The highest BCUT2D eigenvalue weighted by Gasteiger charge is 2.24. The van der Waals surface area contributed by atoms with Crippen LogP contribution in [0, 0.1) is 0 Å². The molecule has 0 heterocycles. The number of thiocarbonyl (C=S) groups is 1. The van der Waals surface area contributed by atoms with Gasteiger partial charge in [-0.1, -0.05) is 78.9 Å².